The number of para-hydroxylation sites is 1. The summed E-state index contributed by atoms with van der Waals surface area (Å²) in [5.74, 6) is 0.225. The van der Waals surface area contributed by atoms with Gasteiger partial charge in [-0.05, 0) is 18.6 Å². The highest BCUT2D eigenvalue weighted by Crippen LogP contribution is 2.26. The van der Waals surface area contributed by atoms with E-state index in [2.05, 4.69) is 28.5 Å². The molecule has 0 radical (unpaired) electrons. The van der Waals surface area contributed by atoms with Crippen LogP contribution in [0.4, 0.5) is 10.8 Å². The number of nitriles is 1. The van der Waals surface area contributed by atoms with E-state index in [0.29, 0.717) is 13.0 Å². The van der Waals surface area contributed by atoms with Crippen LogP contribution in [0.1, 0.15) is 19.8 Å². The number of carbonyl (C=O) groups is 1. The zero-order valence-corrected chi connectivity index (χ0v) is 15.1. The summed E-state index contributed by atoms with van der Waals surface area (Å²) in [7, 11) is 0. The number of hydrogen-bond donors (Lipinski definition) is 1. The summed E-state index contributed by atoms with van der Waals surface area (Å²) in [6.45, 7) is 3.33. The van der Waals surface area contributed by atoms with Crippen molar-refractivity contribution in [3.63, 3.8) is 0 Å². The summed E-state index contributed by atoms with van der Waals surface area (Å²) >= 11 is 2.82. The molecule has 0 unspecified atom stereocenters. The molecule has 2 rings (SSSR count). The lowest BCUT2D eigenvalue weighted by Crippen LogP contribution is -2.33. The van der Waals surface area contributed by atoms with Gasteiger partial charge in [0.05, 0.1) is 18.2 Å². The second-order valence-electron chi connectivity index (χ2n) is 4.88. The van der Waals surface area contributed by atoms with Crippen LogP contribution in [0, 0.1) is 11.3 Å². The molecule has 0 atom stereocenters. The van der Waals surface area contributed by atoms with Crippen LogP contribution >= 0.6 is 23.1 Å². The van der Waals surface area contributed by atoms with Crippen LogP contribution < -0.4 is 10.2 Å². The third-order valence-corrected chi connectivity index (χ3v) is 5.07. The topological polar surface area (TPSA) is 81.9 Å². The van der Waals surface area contributed by atoms with E-state index in [1.165, 1.54) is 23.1 Å². The molecule has 1 aromatic carbocycles. The first-order chi connectivity index (χ1) is 11.7. The third kappa shape index (κ3) is 5.51. The Morgan fingerprint density at radius 3 is 2.88 bits per heavy atom. The Bertz CT molecular complexity index is 683. The van der Waals surface area contributed by atoms with Gasteiger partial charge >= 0.3 is 0 Å². The molecule has 0 aliphatic rings. The minimum Gasteiger partial charge on any atom is -0.360 e. The van der Waals surface area contributed by atoms with E-state index in [9.17, 15) is 4.79 Å². The Morgan fingerprint density at radius 2 is 2.17 bits per heavy atom. The van der Waals surface area contributed by atoms with Gasteiger partial charge in [0.25, 0.3) is 0 Å². The summed E-state index contributed by atoms with van der Waals surface area (Å²) < 4.78 is 0.759. The maximum Gasteiger partial charge on any atom is 0.237 e. The Kier molecular flexibility index (Phi) is 7.52. The van der Waals surface area contributed by atoms with Crippen LogP contribution in [0.2, 0.25) is 0 Å². The van der Waals surface area contributed by atoms with Crippen LogP contribution in [-0.4, -0.2) is 34.9 Å². The number of nitrogens with zero attached hydrogens (tertiary/aromatic N) is 4. The zero-order chi connectivity index (χ0) is 17.2. The van der Waals surface area contributed by atoms with Crippen molar-refractivity contribution in [2.24, 2.45) is 0 Å². The third-order valence-electron chi connectivity index (χ3n) is 3.07. The average molecular weight is 361 g/mol. The first kappa shape index (κ1) is 18.2. The van der Waals surface area contributed by atoms with Crippen LogP contribution in [0.3, 0.4) is 0 Å². The largest absolute Gasteiger partial charge is 0.360 e. The van der Waals surface area contributed by atoms with E-state index < -0.39 is 0 Å². The van der Waals surface area contributed by atoms with Gasteiger partial charge in [0, 0.05) is 18.8 Å². The lowest BCUT2D eigenvalue weighted by atomic mass is 10.2. The normalized spacial score (nSPS) is 10.2. The minimum atomic E-state index is -0.0419. The number of nitrogens with one attached hydrogen (secondary N) is 1. The molecule has 6 nitrogen and oxygen atoms in total. The molecular formula is C16H19N5OS2. The van der Waals surface area contributed by atoms with Gasteiger partial charge in [-0.15, -0.1) is 10.2 Å². The quantitative estimate of drug-likeness (QED) is 0.689. The number of hydrogen-bond acceptors (Lipinski definition) is 7. The van der Waals surface area contributed by atoms with Crippen LogP contribution in [-0.2, 0) is 4.79 Å². The molecule has 1 heterocycles. The molecule has 1 N–H and O–H groups in total. The number of anilines is 2. The predicted octanol–water partition coefficient (Wildman–Crippen LogP) is 3.40. The fourth-order valence-corrected chi connectivity index (χ4v) is 3.59. The monoisotopic (exact) mass is 361 g/mol. The average Bonchev–Trinajstić information content (AvgIpc) is 3.07. The fourth-order valence-electron chi connectivity index (χ4n) is 1.94. The highest BCUT2D eigenvalue weighted by atomic mass is 32.2. The molecule has 24 heavy (non-hydrogen) atoms. The second kappa shape index (κ2) is 9.90. The lowest BCUT2D eigenvalue weighted by molar-refractivity contribution is -0.116. The Hall–Kier alpha value is -2.11. The fraction of sp³-hybridized carbons (Fsp3) is 0.375. The molecule has 0 fully saturated rings. The minimum absolute atomic E-state index is 0.0419. The highest BCUT2D eigenvalue weighted by molar-refractivity contribution is 8.01. The van der Waals surface area contributed by atoms with Crippen molar-refractivity contribution >= 4 is 39.8 Å². The Labute approximate surface area is 149 Å². The van der Waals surface area contributed by atoms with Crippen LogP contribution in [0.5, 0.6) is 0 Å². The van der Waals surface area contributed by atoms with Crippen LogP contribution in [0.25, 0.3) is 0 Å². The Morgan fingerprint density at radius 1 is 1.38 bits per heavy atom. The lowest BCUT2D eigenvalue weighted by Gasteiger charge is -2.21. The van der Waals surface area contributed by atoms with Crippen molar-refractivity contribution in [3.8, 4) is 6.07 Å². The van der Waals surface area contributed by atoms with Gasteiger partial charge in [-0.2, -0.15) is 5.26 Å². The SMILES string of the molecule is CCCNc1nnc(SCC(=O)N(CCC#N)c2ccccc2)s1. The zero-order valence-electron chi connectivity index (χ0n) is 13.4. The second-order valence-corrected chi connectivity index (χ2v) is 7.08. The molecule has 0 saturated heterocycles. The molecule has 1 aromatic heterocycles. The van der Waals surface area contributed by atoms with Crippen molar-refractivity contribution in [2.45, 2.75) is 24.1 Å². The van der Waals surface area contributed by atoms with Crippen molar-refractivity contribution in [1.82, 2.24) is 10.2 Å². The smallest absolute Gasteiger partial charge is 0.237 e. The summed E-state index contributed by atoms with van der Waals surface area (Å²) in [6.07, 6.45) is 1.32. The summed E-state index contributed by atoms with van der Waals surface area (Å²) in [5.41, 5.74) is 0.806. The number of benzene rings is 1. The highest BCUT2D eigenvalue weighted by Gasteiger charge is 2.16. The molecule has 0 bridgehead atoms. The number of amides is 1. The molecule has 8 heteroatoms. The Balaban J connectivity index is 1.95. The maximum atomic E-state index is 12.5. The first-order valence-corrected chi connectivity index (χ1v) is 9.47. The van der Waals surface area contributed by atoms with Crippen molar-refractivity contribution in [2.75, 3.05) is 29.1 Å². The predicted molar refractivity (Wildman–Crippen MR) is 98.4 cm³/mol. The molecule has 126 valence electrons. The molecular weight excluding hydrogens is 342 g/mol. The molecule has 1 amide bonds. The van der Waals surface area contributed by atoms with Gasteiger partial charge in [0.2, 0.25) is 11.0 Å². The van der Waals surface area contributed by atoms with Gasteiger partial charge in [-0.1, -0.05) is 48.2 Å². The van der Waals surface area contributed by atoms with Crippen LogP contribution in [0.15, 0.2) is 34.7 Å². The van der Waals surface area contributed by atoms with Gasteiger partial charge in [-0.3, -0.25) is 4.79 Å². The molecule has 0 aliphatic heterocycles. The van der Waals surface area contributed by atoms with Crippen molar-refractivity contribution in [1.29, 1.82) is 5.26 Å². The molecule has 2 aromatic rings. The number of thioether (sulfide) groups is 1. The molecule has 0 saturated carbocycles. The molecule has 0 aliphatic carbocycles. The maximum absolute atomic E-state index is 12.5. The van der Waals surface area contributed by atoms with Gasteiger partial charge in [0.15, 0.2) is 4.34 Å². The number of carbonyl (C=O) groups excluding carboxylic acids is 1. The van der Waals surface area contributed by atoms with Crippen molar-refractivity contribution < 1.29 is 4.79 Å². The van der Waals surface area contributed by atoms with E-state index in [4.69, 9.17) is 5.26 Å². The van der Waals surface area contributed by atoms with E-state index in [-0.39, 0.29) is 11.7 Å². The van der Waals surface area contributed by atoms with E-state index in [1.54, 1.807) is 4.90 Å². The van der Waals surface area contributed by atoms with Crippen molar-refractivity contribution in [3.05, 3.63) is 30.3 Å². The summed E-state index contributed by atoms with van der Waals surface area (Å²) in [6, 6.07) is 11.5. The number of aromatic nitrogens is 2. The summed E-state index contributed by atoms with van der Waals surface area (Å²) in [4.78, 5) is 14.2. The van der Waals surface area contributed by atoms with E-state index in [0.717, 1.165) is 28.1 Å². The summed E-state index contributed by atoms with van der Waals surface area (Å²) in [5, 5.41) is 20.9. The van der Waals surface area contributed by atoms with Gasteiger partial charge in [-0.25, -0.2) is 0 Å². The number of rotatable bonds is 9. The van der Waals surface area contributed by atoms with Gasteiger partial charge in [0.1, 0.15) is 0 Å². The van der Waals surface area contributed by atoms with Gasteiger partial charge < -0.3 is 10.2 Å². The van der Waals surface area contributed by atoms with E-state index in [1.807, 2.05) is 30.3 Å². The molecule has 0 spiro atoms. The van der Waals surface area contributed by atoms with E-state index >= 15 is 0 Å². The standard InChI is InChI=1S/C16H19N5OS2/c1-2-10-18-15-19-20-16(24-15)23-12-14(22)21(11-6-9-17)13-7-4-3-5-8-13/h3-5,7-8H,2,6,10-12H2,1H3,(H,18,19). The first-order valence-electron chi connectivity index (χ1n) is 7.67.